The van der Waals surface area contributed by atoms with Gasteiger partial charge in [0.25, 0.3) is 0 Å². The topological polar surface area (TPSA) is 71.3 Å². The summed E-state index contributed by atoms with van der Waals surface area (Å²) in [6.45, 7) is 2.07. The fraction of sp³-hybridized carbons (Fsp3) is 0.318. The van der Waals surface area contributed by atoms with Gasteiger partial charge >= 0.3 is 0 Å². The van der Waals surface area contributed by atoms with Crippen molar-refractivity contribution in [2.75, 3.05) is 23.3 Å². The number of hydrogen-bond donors (Lipinski definition) is 1. The summed E-state index contributed by atoms with van der Waals surface area (Å²) in [5, 5.41) is 2.86. The van der Waals surface area contributed by atoms with Crippen LogP contribution in [0.3, 0.4) is 0 Å². The van der Waals surface area contributed by atoms with Crippen LogP contribution in [-0.2, 0) is 11.2 Å². The number of halogens is 1. The third-order valence-electron chi connectivity index (χ3n) is 4.96. The molecule has 1 aromatic carbocycles. The molecule has 0 aliphatic carbocycles. The van der Waals surface area contributed by atoms with Gasteiger partial charge in [-0.05, 0) is 55.7 Å². The zero-order chi connectivity index (χ0) is 20.1. The lowest BCUT2D eigenvalue weighted by Crippen LogP contribution is -2.30. The first-order chi connectivity index (χ1) is 14.2. The SMILES string of the molecule is O=C(CCc1ncc(-c2ccc(F)cc2)o1)Nc1ccc(N2CCCCC2)nc1. The van der Waals surface area contributed by atoms with E-state index < -0.39 is 0 Å². The Morgan fingerprint density at radius 2 is 1.83 bits per heavy atom. The number of hydrogen-bond acceptors (Lipinski definition) is 5. The maximum Gasteiger partial charge on any atom is 0.224 e. The summed E-state index contributed by atoms with van der Waals surface area (Å²) < 4.78 is 18.7. The summed E-state index contributed by atoms with van der Waals surface area (Å²) in [5.74, 6) is 1.55. The molecule has 29 heavy (non-hydrogen) atoms. The molecule has 1 N–H and O–H groups in total. The molecule has 0 unspecified atom stereocenters. The molecule has 1 amide bonds. The lowest BCUT2D eigenvalue weighted by molar-refractivity contribution is -0.116. The lowest BCUT2D eigenvalue weighted by Gasteiger charge is -2.27. The van der Waals surface area contributed by atoms with Gasteiger partial charge in [-0.1, -0.05) is 0 Å². The average molecular weight is 394 g/mol. The zero-order valence-electron chi connectivity index (χ0n) is 16.1. The number of anilines is 2. The van der Waals surface area contributed by atoms with Crippen LogP contribution in [0.15, 0.2) is 53.2 Å². The predicted molar refractivity (Wildman–Crippen MR) is 109 cm³/mol. The van der Waals surface area contributed by atoms with Gasteiger partial charge in [0.15, 0.2) is 11.7 Å². The number of nitrogens with one attached hydrogen (secondary N) is 1. The monoisotopic (exact) mass is 394 g/mol. The van der Waals surface area contributed by atoms with E-state index in [1.807, 2.05) is 12.1 Å². The molecule has 3 heterocycles. The predicted octanol–water partition coefficient (Wildman–Crippen LogP) is 4.44. The van der Waals surface area contributed by atoms with Crippen LogP contribution >= 0.6 is 0 Å². The van der Waals surface area contributed by atoms with E-state index in [0.717, 1.165) is 24.5 Å². The first-order valence-corrected chi connectivity index (χ1v) is 9.89. The summed E-state index contributed by atoms with van der Waals surface area (Å²) in [4.78, 5) is 23.2. The Morgan fingerprint density at radius 3 is 2.55 bits per heavy atom. The molecule has 2 aromatic heterocycles. The summed E-state index contributed by atoms with van der Waals surface area (Å²) in [5.41, 5.74) is 1.42. The standard InChI is InChI=1S/C22H23FN4O2/c23-17-6-4-16(5-7-17)19-15-25-22(29-19)11-10-21(28)26-18-8-9-20(24-14-18)27-12-2-1-3-13-27/h4-9,14-15H,1-3,10-13H2,(H,26,28). The van der Waals surface area contributed by atoms with Crippen molar-refractivity contribution in [1.82, 2.24) is 9.97 Å². The van der Waals surface area contributed by atoms with Crippen LogP contribution in [-0.4, -0.2) is 29.0 Å². The van der Waals surface area contributed by atoms with Gasteiger partial charge in [0.05, 0.1) is 18.1 Å². The van der Waals surface area contributed by atoms with E-state index in [0.29, 0.717) is 23.8 Å². The van der Waals surface area contributed by atoms with E-state index in [9.17, 15) is 9.18 Å². The third kappa shape index (κ3) is 4.99. The van der Waals surface area contributed by atoms with Crippen molar-refractivity contribution in [3.63, 3.8) is 0 Å². The van der Waals surface area contributed by atoms with Crippen LogP contribution in [0.2, 0.25) is 0 Å². The van der Waals surface area contributed by atoms with E-state index >= 15 is 0 Å². The summed E-state index contributed by atoms with van der Waals surface area (Å²) in [6.07, 6.45) is 7.58. The molecular formula is C22H23FN4O2. The average Bonchev–Trinajstić information content (AvgIpc) is 3.23. The van der Waals surface area contributed by atoms with Crippen molar-refractivity contribution in [3.05, 3.63) is 60.5 Å². The Balaban J connectivity index is 1.28. The maximum atomic E-state index is 13.0. The fourth-order valence-electron chi connectivity index (χ4n) is 3.39. The van der Waals surface area contributed by atoms with Crippen LogP contribution in [0.5, 0.6) is 0 Å². The number of aryl methyl sites for hydroxylation is 1. The number of aromatic nitrogens is 2. The molecule has 6 nitrogen and oxygen atoms in total. The summed E-state index contributed by atoms with van der Waals surface area (Å²) in [6, 6.07) is 9.83. The van der Waals surface area contributed by atoms with Crippen molar-refractivity contribution < 1.29 is 13.6 Å². The van der Waals surface area contributed by atoms with Crippen LogP contribution < -0.4 is 10.2 Å². The van der Waals surface area contributed by atoms with Gasteiger partial charge in [0, 0.05) is 31.5 Å². The van der Waals surface area contributed by atoms with Crippen LogP contribution in [0.4, 0.5) is 15.9 Å². The molecule has 0 saturated carbocycles. The van der Waals surface area contributed by atoms with Gasteiger partial charge in [0.1, 0.15) is 11.6 Å². The molecule has 4 rings (SSSR count). The lowest BCUT2D eigenvalue weighted by atomic mass is 10.1. The summed E-state index contributed by atoms with van der Waals surface area (Å²) >= 11 is 0. The number of carbonyl (C=O) groups excluding carboxylic acids is 1. The normalized spacial score (nSPS) is 14.0. The summed E-state index contributed by atoms with van der Waals surface area (Å²) in [7, 11) is 0. The van der Waals surface area contributed by atoms with E-state index in [4.69, 9.17) is 4.42 Å². The molecule has 0 radical (unpaired) electrons. The van der Waals surface area contributed by atoms with E-state index in [1.165, 1.54) is 31.4 Å². The Bertz CT molecular complexity index is 948. The number of amides is 1. The molecule has 0 bridgehead atoms. The van der Waals surface area contributed by atoms with Crippen molar-refractivity contribution in [2.45, 2.75) is 32.1 Å². The molecule has 1 fully saturated rings. The molecule has 150 valence electrons. The van der Waals surface area contributed by atoms with Crippen LogP contribution in [0.1, 0.15) is 31.6 Å². The van der Waals surface area contributed by atoms with Crippen molar-refractivity contribution in [1.29, 1.82) is 0 Å². The van der Waals surface area contributed by atoms with Crippen LogP contribution in [0.25, 0.3) is 11.3 Å². The van der Waals surface area contributed by atoms with Gasteiger partial charge in [-0.2, -0.15) is 0 Å². The fourth-order valence-corrected chi connectivity index (χ4v) is 3.39. The Morgan fingerprint density at radius 1 is 1.03 bits per heavy atom. The second-order valence-electron chi connectivity index (χ2n) is 7.13. The highest BCUT2D eigenvalue weighted by atomic mass is 19.1. The molecule has 7 heteroatoms. The second kappa shape index (κ2) is 8.86. The van der Waals surface area contributed by atoms with Crippen molar-refractivity contribution in [2.24, 2.45) is 0 Å². The molecule has 3 aromatic rings. The molecule has 1 aliphatic rings. The molecular weight excluding hydrogens is 371 g/mol. The van der Waals surface area contributed by atoms with Crippen LogP contribution in [0, 0.1) is 5.82 Å². The number of oxazole rings is 1. The number of nitrogens with zero attached hydrogens (tertiary/aromatic N) is 3. The first-order valence-electron chi connectivity index (χ1n) is 9.89. The van der Waals surface area contributed by atoms with E-state index in [1.54, 1.807) is 24.5 Å². The number of carbonyl (C=O) groups is 1. The van der Waals surface area contributed by atoms with Crippen molar-refractivity contribution in [3.8, 4) is 11.3 Å². The minimum Gasteiger partial charge on any atom is -0.441 e. The molecule has 0 spiro atoms. The Hall–Kier alpha value is -3.22. The highest BCUT2D eigenvalue weighted by molar-refractivity contribution is 5.90. The van der Waals surface area contributed by atoms with Gasteiger partial charge in [0.2, 0.25) is 5.91 Å². The van der Waals surface area contributed by atoms with E-state index in [2.05, 4.69) is 20.2 Å². The highest BCUT2D eigenvalue weighted by Gasteiger charge is 2.13. The smallest absolute Gasteiger partial charge is 0.224 e. The highest BCUT2D eigenvalue weighted by Crippen LogP contribution is 2.22. The van der Waals surface area contributed by atoms with Gasteiger partial charge in [-0.3, -0.25) is 4.79 Å². The van der Waals surface area contributed by atoms with Crippen molar-refractivity contribution >= 4 is 17.4 Å². The number of benzene rings is 1. The quantitative estimate of drug-likeness (QED) is 0.669. The zero-order valence-corrected chi connectivity index (χ0v) is 16.1. The molecule has 0 atom stereocenters. The molecule has 1 saturated heterocycles. The van der Waals surface area contributed by atoms with Gasteiger partial charge in [-0.25, -0.2) is 14.4 Å². The number of piperidine rings is 1. The maximum absolute atomic E-state index is 13.0. The number of rotatable bonds is 6. The largest absolute Gasteiger partial charge is 0.441 e. The molecule has 1 aliphatic heterocycles. The Kier molecular flexibility index (Phi) is 5.84. The third-order valence-corrected chi connectivity index (χ3v) is 4.96. The first kappa shape index (κ1) is 19.1. The van der Waals surface area contributed by atoms with Gasteiger partial charge < -0.3 is 14.6 Å². The van der Waals surface area contributed by atoms with Gasteiger partial charge in [-0.15, -0.1) is 0 Å². The minimum atomic E-state index is -0.302. The second-order valence-corrected chi connectivity index (χ2v) is 7.13. The Labute approximate surface area is 168 Å². The minimum absolute atomic E-state index is 0.126. The number of pyridine rings is 1. The van der Waals surface area contributed by atoms with E-state index in [-0.39, 0.29) is 18.1 Å².